The number of nitrogens with two attached hydrogens (primary N) is 3. The molecular weight excluding hydrogens is 364 g/mol. The largest absolute Gasteiger partial charge is 0.403 e. The Morgan fingerprint density at radius 3 is 2.55 bits per heavy atom. The van der Waals surface area contributed by atoms with Crippen molar-refractivity contribution >= 4 is 33.9 Å². The molecule has 0 bridgehead atoms. The van der Waals surface area contributed by atoms with Gasteiger partial charge in [-0.1, -0.05) is 13.8 Å². The summed E-state index contributed by atoms with van der Waals surface area (Å²) >= 11 is 0. The van der Waals surface area contributed by atoms with Gasteiger partial charge in [0.05, 0.1) is 11.4 Å². The van der Waals surface area contributed by atoms with E-state index in [2.05, 4.69) is 47.1 Å². The van der Waals surface area contributed by atoms with Crippen molar-refractivity contribution in [2.45, 2.75) is 33.1 Å². The number of nitrogens with one attached hydrogen (secondary N) is 1. The molecule has 7 N–H and O–H groups in total. The predicted octanol–water partition coefficient (Wildman–Crippen LogP) is 3.24. The van der Waals surface area contributed by atoms with Crippen LogP contribution in [-0.2, 0) is 0 Å². The Labute approximate surface area is 170 Å². The van der Waals surface area contributed by atoms with Crippen molar-refractivity contribution in [3.63, 3.8) is 0 Å². The van der Waals surface area contributed by atoms with Gasteiger partial charge in [0.15, 0.2) is 0 Å². The quantitative estimate of drug-likeness (QED) is 0.371. The zero-order chi connectivity index (χ0) is 21.1. The molecule has 0 spiro atoms. The van der Waals surface area contributed by atoms with Gasteiger partial charge in [-0.2, -0.15) is 0 Å². The average molecular weight is 393 g/mol. The molecule has 3 aromatic heterocycles. The lowest BCUT2D eigenvalue weighted by Crippen LogP contribution is -2.25. The van der Waals surface area contributed by atoms with Gasteiger partial charge in [-0.25, -0.2) is 20.8 Å². The third-order valence-electron chi connectivity index (χ3n) is 5.09. The Balaban J connectivity index is 1.99. The van der Waals surface area contributed by atoms with Crippen LogP contribution in [-0.4, -0.2) is 27.0 Å². The maximum absolute atomic E-state index is 6.13. The van der Waals surface area contributed by atoms with E-state index >= 15 is 0 Å². The summed E-state index contributed by atoms with van der Waals surface area (Å²) in [5.74, 6) is 8.09. The molecule has 0 aliphatic carbocycles. The Morgan fingerprint density at radius 2 is 1.90 bits per heavy atom. The standard InChI is InChI=1S/C21H28N8/c1-5-12(2)15-8-20(25-10-13(15)3)28-19-7-14-6-17(18(9-22)29(4)24)27-21(23)16(14)11-26-19/h6-12H,5,22,24H2,1-4H3,(H2,23,27)(H,25,26,28)/b18-9-. The monoisotopic (exact) mass is 392 g/mol. The molecule has 3 rings (SSSR count). The minimum absolute atomic E-state index is 0.366. The van der Waals surface area contributed by atoms with Crippen molar-refractivity contribution in [2.24, 2.45) is 11.6 Å². The molecule has 8 heteroatoms. The van der Waals surface area contributed by atoms with Crippen LogP contribution in [0.5, 0.6) is 0 Å². The summed E-state index contributed by atoms with van der Waals surface area (Å²) < 4.78 is 0. The van der Waals surface area contributed by atoms with Crippen LogP contribution >= 0.6 is 0 Å². The number of hydrogen-bond acceptors (Lipinski definition) is 8. The SMILES string of the molecule is CCC(C)c1cc(Nc2cc3cc(/C(=C/N)N(C)N)nc(N)c3cn2)ncc1C. The topological polar surface area (TPSA) is 132 Å². The van der Waals surface area contributed by atoms with Gasteiger partial charge in [-0.15, -0.1) is 0 Å². The van der Waals surface area contributed by atoms with E-state index < -0.39 is 0 Å². The summed E-state index contributed by atoms with van der Waals surface area (Å²) in [6.45, 7) is 6.48. The molecule has 0 radical (unpaired) electrons. The number of nitrogens with zero attached hydrogens (tertiary/aromatic N) is 4. The first-order valence-electron chi connectivity index (χ1n) is 9.54. The van der Waals surface area contributed by atoms with Crippen LogP contribution in [0.3, 0.4) is 0 Å². The van der Waals surface area contributed by atoms with Gasteiger partial charge >= 0.3 is 0 Å². The molecular formula is C21H28N8. The van der Waals surface area contributed by atoms with Gasteiger partial charge in [0.25, 0.3) is 0 Å². The number of pyridine rings is 3. The summed E-state index contributed by atoms with van der Waals surface area (Å²) in [7, 11) is 1.69. The van der Waals surface area contributed by atoms with Crippen molar-refractivity contribution in [3.8, 4) is 0 Å². The zero-order valence-corrected chi connectivity index (χ0v) is 17.3. The van der Waals surface area contributed by atoms with Gasteiger partial charge in [0.2, 0.25) is 0 Å². The fourth-order valence-corrected chi connectivity index (χ4v) is 3.25. The van der Waals surface area contributed by atoms with E-state index in [4.69, 9.17) is 17.3 Å². The molecule has 0 aliphatic rings. The number of fused-ring (bicyclic) bond motifs is 1. The number of anilines is 3. The van der Waals surface area contributed by atoms with Crippen LogP contribution in [0, 0.1) is 6.92 Å². The molecule has 3 heterocycles. The Morgan fingerprint density at radius 1 is 1.21 bits per heavy atom. The van der Waals surface area contributed by atoms with Crippen LogP contribution in [0.1, 0.15) is 43.0 Å². The predicted molar refractivity (Wildman–Crippen MR) is 119 cm³/mol. The van der Waals surface area contributed by atoms with Crippen LogP contribution < -0.4 is 22.6 Å². The highest BCUT2D eigenvalue weighted by atomic mass is 15.4. The first-order chi connectivity index (χ1) is 13.8. The van der Waals surface area contributed by atoms with Crippen molar-refractivity contribution in [1.82, 2.24) is 20.0 Å². The fourth-order valence-electron chi connectivity index (χ4n) is 3.25. The summed E-state index contributed by atoms with van der Waals surface area (Å²) in [6, 6.07) is 5.88. The second kappa shape index (κ2) is 8.32. The number of aryl methyl sites for hydroxylation is 1. The maximum atomic E-state index is 6.13. The van der Waals surface area contributed by atoms with Crippen molar-refractivity contribution in [2.75, 3.05) is 18.1 Å². The third-order valence-corrected chi connectivity index (χ3v) is 5.09. The molecule has 0 saturated carbocycles. The molecule has 0 amide bonds. The van der Waals surface area contributed by atoms with Gasteiger partial charge in [-0.3, -0.25) is 0 Å². The van der Waals surface area contributed by atoms with E-state index in [-0.39, 0.29) is 0 Å². The average Bonchev–Trinajstić information content (AvgIpc) is 2.69. The van der Waals surface area contributed by atoms with Gasteiger partial charge in [0.1, 0.15) is 17.5 Å². The second-order valence-corrected chi connectivity index (χ2v) is 7.21. The van der Waals surface area contributed by atoms with Gasteiger partial charge in [-0.05, 0) is 54.0 Å². The summed E-state index contributed by atoms with van der Waals surface area (Å²) in [5.41, 5.74) is 15.5. The number of hydrogen-bond donors (Lipinski definition) is 4. The molecule has 0 fully saturated rings. The Hall–Kier alpha value is -3.39. The second-order valence-electron chi connectivity index (χ2n) is 7.21. The number of rotatable bonds is 6. The number of nitrogen functional groups attached to an aromatic ring is 1. The third kappa shape index (κ3) is 4.22. The van der Waals surface area contributed by atoms with E-state index in [1.165, 1.54) is 22.3 Å². The lowest BCUT2D eigenvalue weighted by Gasteiger charge is -2.17. The highest BCUT2D eigenvalue weighted by Gasteiger charge is 2.12. The van der Waals surface area contributed by atoms with Crippen LogP contribution in [0.25, 0.3) is 16.5 Å². The summed E-state index contributed by atoms with van der Waals surface area (Å²) in [5, 5.41) is 6.33. The van der Waals surface area contributed by atoms with E-state index in [0.717, 1.165) is 23.0 Å². The highest BCUT2D eigenvalue weighted by molar-refractivity contribution is 5.93. The van der Waals surface area contributed by atoms with E-state index in [1.54, 1.807) is 13.2 Å². The first-order valence-corrected chi connectivity index (χ1v) is 9.54. The van der Waals surface area contributed by atoms with E-state index in [9.17, 15) is 0 Å². The van der Waals surface area contributed by atoms with Crippen molar-refractivity contribution in [1.29, 1.82) is 0 Å². The molecule has 0 aromatic carbocycles. The van der Waals surface area contributed by atoms with Crippen molar-refractivity contribution < 1.29 is 0 Å². The Kier molecular flexibility index (Phi) is 5.84. The molecule has 1 atom stereocenters. The first kappa shape index (κ1) is 20.3. The number of hydrazine groups is 1. The molecule has 3 aromatic rings. The zero-order valence-electron chi connectivity index (χ0n) is 17.3. The molecule has 0 saturated heterocycles. The molecule has 1 unspecified atom stereocenters. The normalized spacial score (nSPS) is 12.8. The van der Waals surface area contributed by atoms with Crippen LogP contribution in [0.4, 0.5) is 17.5 Å². The van der Waals surface area contributed by atoms with E-state index in [0.29, 0.717) is 28.9 Å². The van der Waals surface area contributed by atoms with Gasteiger partial charge in [0, 0.05) is 31.0 Å². The van der Waals surface area contributed by atoms with E-state index in [1.807, 2.05) is 18.3 Å². The van der Waals surface area contributed by atoms with Crippen LogP contribution in [0.2, 0.25) is 0 Å². The molecule has 8 nitrogen and oxygen atoms in total. The van der Waals surface area contributed by atoms with Crippen LogP contribution in [0.15, 0.2) is 36.8 Å². The van der Waals surface area contributed by atoms with Gasteiger partial charge < -0.3 is 21.8 Å². The number of aromatic nitrogens is 3. The lowest BCUT2D eigenvalue weighted by atomic mass is 9.96. The molecule has 152 valence electrons. The maximum Gasteiger partial charge on any atom is 0.133 e. The van der Waals surface area contributed by atoms with Crippen molar-refractivity contribution in [3.05, 3.63) is 53.6 Å². The molecule has 29 heavy (non-hydrogen) atoms. The minimum atomic E-state index is 0.366. The lowest BCUT2D eigenvalue weighted by molar-refractivity contribution is 0.508. The summed E-state index contributed by atoms with van der Waals surface area (Å²) in [6.07, 6.45) is 6.06. The fraction of sp³-hybridized carbons (Fsp3) is 0.286. The smallest absolute Gasteiger partial charge is 0.133 e. The molecule has 0 aliphatic heterocycles. The summed E-state index contributed by atoms with van der Waals surface area (Å²) in [4.78, 5) is 13.4. The Bertz CT molecular complexity index is 1060. The highest BCUT2D eigenvalue weighted by Crippen LogP contribution is 2.28. The minimum Gasteiger partial charge on any atom is -0.403 e.